The zero-order valence-electron chi connectivity index (χ0n) is 10.8. The summed E-state index contributed by atoms with van der Waals surface area (Å²) in [7, 11) is 0. The number of hydrogen-bond acceptors (Lipinski definition) is 1. The van der Waals surface area contributed by atoms with Gasteiger partial charge in [-0.2, -0.15) is 0 Å². The first-order valence-electron chi connectivity index (χ1n) is 5.91. The summed E-state index contributed by atoms with van der Waals surface area (Å²) < 4.78 is 7.39. The number of fused-ring (bicyclic) bond motifs is 1. The van der Waals surface area contributed by atoms with Crippen LogP contribution in [0.1, 0.15) is 6.42 Å². The van der Waals surface area contributed by atoms with Crippen molar-refractivity contribution < 1.29 is 22.9 Å². The Kier molecular flexibility index (Phi) is 7.63. The molecule has 0 amide bonds. The van der Waals surface area contributed by atoms with Gasteiger partial charge in [-0.3, -0.25) is 0 Å². The van der Waals surface area contributed by atoms with E-state index < -0.39 is 19.5 Å². The van der Waals surface area contributed by atoms with Crippen molar-refractivity contribution in [3.05, 3.63) is 62.5 Å². The number of benzene rings is 2. The number of halogens is 4. The zero-order valence-corrected chi connectivity index (χ0v) is 15.5. The second-order valence-corrected chi connectivity index (χ2v) is 6.70. The summed E-state index contributed by atoms with van der Waals surface area (Å²) >= 11 is 11.8. The van der Waals surface area contributed by atoms with Gasteiger partial charge in [-0.25, -0.2) is 0 Å². The third-order valence-corrected chi connectivity index (χ3v) is 5.01. The van der Waals surface area contributed by atoms with Crippen LogP contribution in [0.15, 0.2) is 52.4 Å². The molecule has 0 heterocycles. The molecule has 1 aliphatic rings. The Bertz CT molecular complexity index is 697. The van der Waals surface area contributed by atoms with Crippen LogP contribution in [0.2, 0.25) is 10.0 Å². The Hall–Kier alpha value is -0.146. The second-order valence-electron chi connectivity index (χ2n) is 4.24. The molecule has 0 radical (unpaired) electrons. The first-order chi connectivity index (χ1) is 9.25. The van der Waals surface area contributed by atoms with Gasteiger partial charge in [0.2, 0.25) is 0 Å². The van der Waals surface area contributed by atoms with Gasteiger partial charge < -0.3 is 0 Å². The molecule has 1 aliphatic carbocycles. The molecule has 3 rings (SSSR count). The summed E-state index contributed by atoms with van der Waals surface area (Å²) in [5, 5.41) is 3.21. The van der Waals surface area contributed by atoms with E-state index >= 15 is 0 Å². The quantitative estimate of drug-likeness (QED) is 0.559. The molecular formula is C15H12Cl4OTi. The Morgan fingerprint density at radius 1 is 1.00 bits per heavy atom. The number of hydrogen-bond donors (Lipinski definition) is 0. The topological polar surface area (TPSA) is 9.23 Å². The summed E-state index contributed by atoms with van der Waals surface area (Å²) in [5.41, 5.74) is 0. The molecular weight excluding hydrogens is 386 g/mol. The van der Waals surface area contributed by atoms with E-state index in [1.807, 2.05) is 24.3 Å². The molecule has 0 saturated heterocycles. The summed E-state index contributed by atoms with van der Waals surface area (Å²) in [6.45, 7) is 0. The van der Waals surface area contributed by atoms with Crippen LogP contribution in [0.3, 0.4) is 0 Å². The van der Waals surface area contributed by atoms with Crippen LogP contribution in [0.4, 0.5) is 0 Å². The van der Waals surface area contributed by atoms with E-state index in [0.29, 0.717) is 10.0 Å². The van der Waals surface area contributed by atoms with Crippen molar-refractivity contribution in [3.63, 3.8) is 0 Å². The molecule has 0 unspecified atom stereocenters. The standard InChI is InChI=1S/C10H6Cl2O.C5H5.2ClH.Ti/c11-8-5-9(12)10(13)7-4-2-1-3-6(7)8;1-2-4-5-3-1;;;/h1-5,13H;1-3H,4H2;2*1H;/q;;;;+1/p-1. The predicted molar refractivity (Wildman–Crippen MR) is 90.9 cm³/mol. The molecule has 0 saturated carbocycles. The Morgan fingerprint density at radius 2 is 1.71 bits per heavy atom. The first kappa shape index (κ1) is 18.9. The van der Waals surface area contributed by atoms with Gasteiger partial charge >= 0.3 is 131 Å². The van der Waals surface area contributed by atoms with Gasteiger partial charge in [0.1, 0.15) is 0 Å². The summed E-state index contributed by atoms with van der Waals surface area (Å²) in [4.78, 5) is 0. The first-order valence-corrected chi connectivity index (χ1v) is 8.08. The molecule has 110 valence electrons. The van der Waals surface area contributed by atoms with Gasteiger partial charge in [0.15, 0.2) is 0 Å². The molecule has 0 aromatic heterocycles. The second kappa shape index (κ2) is 8.48. The maximum atomic E-state index is 6.27. The van der Waals surface area contributed by atoms with Gasteiger partial charge in [-0.15, -0.1) is 24.8 Å². The third kappa shape index (κ3) is 4.19. The average Bonchev–Trinajstić information content (AvgIpc) is 2.92. The number of allylic oxidation sites excluding steroid dienone is 4. The van der Waals surface area contributed by atoms with Crippen LogP contribution in [-0.2, 0) is 19.5 Å². The van der Waals surface area contributed by atoms with Crippen molar-refractivity contribution in [3.8, 4) is 5.75 Å². The summed E-state index contributed by atoms with van der Waals surface area (Å²) in [6, 6.07) is 9.67. The fraction of sp³-hybridized carbons (Fsp3) is 0.0667. The Balaban J connectivity index is 0.00000110. The molecule has 2 aromatic carbocycles. The molecule has 21 heavy (non-hydrogen) atoms. The van der Waals surface area contributed by atoms with Gasteiger partial charge in [-0.1, -0.05) is 0 Å². The van der Waals surface area contributed by atoms with Crippen molar-refractivity contribution in [2.75, 3.05) is 0 Å². The predicted octanol–water partition coefficient (Wildman–Crippen LogP) is 6.21. The SMILES string of the molecule is Cl.Cl.Clc1cc(Cl)c2ccccc2c1[O][Ti][C]1=CC=CC1. The van der Waals surface area contributed by atoms with Gasteiger partial charge in [0, 0.05) is 0 Å². The summed E-state index contributed by atoms with van der Waals surface area (Å²) in [6.07, 6.45) is 7.35. The van der Waals surface area contributed by atoms with Crippen LogP contribution in [-0.4, -0.2) is 0 Å². The van der Waals surface area contributed by atoms with Crippen LogP contribution in [0.5, 0.6) is 5.75 Å². The molecule has 2 aromatic rings. The minimum absolute atomic E-state index is 0. The fourth-order valence-corrected chi connectivity index (χ4v) is 3.97. The van der Waals surface area contributed by atoms with Crippen LogP contribution < -0.4 is 3.32 Å². The average molecular weight is 398 g/mol. The van der Waals surface area contributed by atoms with Crippen LogP contribution in [0, 0.1) is 0 Å². The zero-order chi connectivity index (χ0) is 13.2. The van der Waals surface area contributed by atoms with E-state index in [9.17, 15) is 0 Å². The maximum absolute atomic E-state index is 6.27. The van der Waals surface area contributed by atoms with Crippen LogP contribution in [0.25, 0.3) is 10.8 Å². The molecule has 0 aliphatic heterocycles. The van der Waals surface area contributed by atoms with E-state index in [2.05, 4.69) is 18.2 Å². The molecule has 0 spiro atoms. The Morgan fingerprint density at radius 3 is 2.38 bits per heavy atom. The molecule has 6 heteroatoms. The fourth-order valence-electron chi connectivity index (χ4n) is 2.02. The van der Waals surface area contributed by atoms with Crippen LogP contribution >= 0.6 is 48.0 Å². The van der Waals surface area contributed by atoms with Crippen molar-refractivity contribution in [2.24, 2.45) is 0 Å². The molecule has 1 nitrogen and oxygen atoms in total. The van der Waals surface area contributed by atoms with Crippen molar-refractivity contribution in [1.29, 1.82) is 0 Å². The van der Waals surface area contributed by atoms with E-state index in [4.69, 9.17) is 26.5 Å². The van der Waals surface area contributed by atoms with E-state index in [0.717, 1.165) is 22.9 Å². The summed E-state index contributed by atoms with van der Waals surface area (Å²) in [5.74, 6) is 0.759. The molecule has 0 N–H and O–H groups in total. The number of rotatable bonds is 3. The van der Waals surface area contributed by atoms with Crippen molar-refractivity contribution in [2.45, 2.75) is 6.42 Å². The van der Waals surface area contributed by atoms with E-state index in [-0.39, 0.29) is 24.8 Å². The monoisotopic (exact) mass is 396 g/mol. The van der Waals surface area contributed by atoms with Gasteiger partial charge in [0.05, 0.1) is 0 Å². The van der Waals surface area contributed by atoms with Crippen molar-refractivity contribution >= 4 is 58.8 Å². The van der Waals surface area contributed by atoms with E-state index in [1.165, 1.54) is 3.88 Å². The minimum atomic E-state index is -0.630. The van der Waals surface area contributed by atoms with Crippen molar-refractivity contribution in [1.82, 2.24) is 0 Å². The molecule has 0 bridgehead atoms. The molecule has 0 fully saturated rings. The Labute approximate surface area is 155 Å². The van der Waals surface area contributed by atoms with E-state index in [1.54, 1.807) is 6.07 Å². The normalized spacial score (nSPS) is 12.4. The van der Waals surface area contributed by atoms with Gasteiger partial charge in [-0.05, 0) is 0 Å². The third-order valence-electron chi connectivity index (χ3n) is 2.95. The molecule has 0 atom stereocenters. The van der Waals surface area contributed by atoms with Gasteiger partial charge in [0.25, 0.3) is 0 Å².